The number of nitrogens with zero attached hydrogens (tertiary/aromatic N) is 5. The van der Waals surface area contributed by atoms with Crippen LogP contribution in [0.2, 0.25) is 0 Å². The molecule has 0 radical (unpaired) electrons. The Morgan fingerprint density at radius 3 is 1.49 bits per heavy atom. The van der Waals surface area contributed by atoms with E-state index in [4.69, 9.17) is 18.9 Å². The summed E-state index contributed by atoms with van der Waals surface area (Å²) in [5.74, 6) is -1.36. The molecule has 0 saturated carbocycles. The summed E-state index contributed by atoms with van der Waals surface area (Å²) in [6.45, 7) is 13.3. The minimum absolute atomic E-state index is 0.0312. The highest BCUT2D eigenvalue weighted by Crippen LogP contribution is 2.33. The Morgan fingerprint density at radius 1 is 0.597 bits per heavy atom. The van der Waals surface area contributed by atoms with Crippen molar-refractivity contribution in [3.05, 3.63) is 35.9 Å². The van der Waals surface area contributed by atoms with Gasteiger partial charge in [-0.3, -0.25) is 19.2 Å². The van der Waals surface area contributed by atoms with Gasteiger partial charge < -0.3 is 48.8 Å². The van der Waals surface area contributed by atoms with Crippen LogP contribution in [0.4, 0.5) is 4.79 Å². The fraction of sp³-hybridized carbons (Fsp3) is 0.714. The van der Waals surface area contributed by atoms with Gasteiger partial charge >= 0.3 is 24.0 Å². The smallest absolute Gasteiger partial charge is 0.410 e. The molecule has 1 aromatic rings. The average Bonchev–Trinajstić information content (AvgIpc) is 4.06. The first-order valence-corrected chi connectivity index (χ1v) is 24.1. The summed E-state index contributed by atoms with van der Waals surface area (Å²) in [6, 6.07) is 8.35. The SMILES string of the molecule is COC(=O)[C@@H]1CC[C@@H]2CCN(C(=O)CC(C)C)C[C@H](C)C(=O)N21.COC(=O)[C@@H]1CC[C@@H]2CCN(C(=O)OCc3ccccc3)C[C@H](C)C(=O)N21.COC(=O)[C@@H]1CC[C@@H]2CCNC[C@H](C)C(=O)N21. The Hall–Kier alpha value is -5.26. The zero-order valence-corrected chi connectivity index (χ0v) is 40.8. The third-order valence-electron chi connectivity index (χ3n) is 13.9. The highest BCUT2D eigenvalue weighted by Gasteiger charge is 2.47. The normalized spacial score (nSPS) is 28.6. The van der Waals surface area contributed by atoms with Crippen LogP contribution in [-0.4, -0.2) is 169 Å². The molecular weight excluding hydrogens is 865 g/mol. The molecule has 1 N–H and O–H groups in total. The van der Waals surface area contributed by atoms with Gasteiger partial charge in [0, 0.05) is 63.2 Å². The van der Waals surface area contributed by atoms with E-state index in [1.165, 1.54) is 21.3 Å². The summed E-state index contributed by atoms with van der Waals surface area (Å²) in [7, 11) is 4.09. The first-order valence-electron chi connectivity index (χ1n) is 24.1. The lowest BCUT2D eigenvalue weighted by Gasteiger charge is -2.37. The number of rotatable bonds is 7. The van der Waals surface area contributed by atoms with Crippen LogP contribution in [0, 0.1) is 23.7 Å². The molecule has 9 atom stereocenters. The van der Waals surface area contributed by atoms with Crippen LogP contribution in [0.5, 0.6) is 0 Å². The van der Waals surface area contributed by atoms with E-state index in [0.717, 1.165) is 50.6 Å². The van der Waals surface area contributed by atoms with Crippen molar-refractivity contribution in [2.24, 2.45) is 23.7 Å². The number of amides is 5. The van der Waals surface area contributed by atoms with Crippen molar-refractivity contribution >= 4 is 47.6 Å². The van der Waals surface area contributed by atoms with Gasteiger partial charge in [-0.25, -0.2) is 19.2 Å². The maximum Gasteiger partial charge on any atom is 0.410 e. The number of carbonyl (C=O) groups excluding carboxylic acids is 8. The average molecular weight is 939 g/mol. The molecule has 18 heteroatoms. The Kier molecular flexibility index (Phi) is 19.4. The summed E-state index contributed by atoms with van der Waals surface area (Å²) >= 11 is 0. The topological polar surface area (TPSA) is 202 Å². The fourth-order valence-corrected chi connectivity index (χ4v) is 10.3. The van der Waals surface area contributed by atoms with E-state index in [1.807, 2.05) is 62.9 Å². The third-order valence-corrected chi connectivity index (χ3v) is 13.9. The third kappa shape index (κ3) is 13.3. The molecule has 0 bridgehead atoms. The standard InChI is InChI=1S/C20H26N2O5.C17H28N2O4.C12H20N2O3/c1-14-12-21(20(25)27-13-15-6-4-3-5-7-15)11-10-16-8-9-17(19(24)26-2)22(16)18(14)23;1-11(2)9-15(20)18-8-7-13-5-6-14(17(22)23-4)19(13)16(21)12(3)10-18;1-8-7-13-6-5-9-3-4-10(12(16)17-2)14(9)11(8)15/h3-7,14,16-17H,8-13H2,1-2H3;11-14H,5-10H2,1-4H3;8-10,13H,3-7H2,1-2H3/t14-,16+,17-;12-,13+,14-;8-,9+,10-/m000/s1. The van der Waals surface area contributed by atoms with Crippen LogP contribution in [0.3, 0.4) is 0 Å². The summed E-state index contributed by atoms with van der Waals surface area (Å²) in [4.78, 5) is 107. The number of methoxy groups -OCH3 is 3. The lowest BCUT2D eigenvalue weighted by molar-refractivity contribution is -0.155. The predicted octanol–water partition coefficient (Wildman–Crippen LogP) is 3.78. The number of ether oxygens (including phenoxy) is 4. The van der Waals surface area contributed by atoms with Gasteiger partial charge in [0.15, 0.2) is 0 Å². The number of esters is 3. The van der Waals surface area contributed by atoms with Gasteiger partial charge in [-0.15, -0.1) is 0 Å². The molecular formula is C49H74N6O12. The molecule has 5 amide bonds. The lowest BCUT2D eigenvalue weighted by atomic mass is 10.0. The second-order valence-electron chi connectivity index (χ2n) is 19.2. The van der Waals surface area contributed by atoms with Crippen LogP contribution in [0.1, 0.15) is 104 Å². The maximum absolute atomic E-state index is 12.9. The molecule has 6 saturated heterocycles. The first-order chi connectivity index (χ1) is 32.0. The summed E-state index contributed by atoms with van der Waals surface area (Å²) < 4.78 is 19.9. The van der Waals surface area contributed by atoms with Crippen LogP contribution < -0.4 is 5.32 Å². The molecule has 18 nitrogen and oxygen atoms in total. The zero-order valence-electron chi connectivity index (χ0n) is 40.8. The Bertz CT molecular complexity index is 1900. The molecule has 0 unspecified atom stereocenters. The maximum atomic E-state index is 12.9. The van der Waals surface area contributed by atoms with Crippen LogP contribution in [0.25, 0.3) is 0 Å². The van der Waals surface area contributed by atoms with E-state index >= 15 is 0 Å². The van der Waals surface area contributed by atoms with Crippen LogP contribution in [0.15, 0.2) is 30.3 Å². The second-order valence-corrected chi connectivity index (χ2v) is 19.2. The highest BCUT2D eigenvalue weighted by molar-refractivity contribution is 5.89. The minimum Gasteiger partial charge on any atom is -0.467 e. The number of fused-ring (bicyclic) bond motifs is 3. The van der Waals surface area contributed by atoms with Gasteiger partial charge in [-0.2, -0.15) is 0 Å². The lowest BCUT2D eigenvalue weighted by Crippen LogP contribution is -2.53. The van der Waals surface area contributed by atoms with Gasteiger partial charge in [0.1, 0.15) is 24.7 Å². The Morgan fingerprint density at radius 2 is 1.03 bits per heavy atom. The molecule has 6 aliphatic heterocycles. The second kappa shape index (κ2) is 24.7. The molecule has 6 aliphatic rings. The molecule has 0 spiro atoms. The first kappa shape index (κ1) is 52.7. The number of carbonyl (C=O) groups is 8. The van der Waals surface area contributed by atoms with E-state index in [-0.39, 0.29) is 90.7 Å². The monoisotopic (exact) mass is 939 g/mol. The van der Waals surface area contributed by atoms with Crippen molar-refractivity contribution in [1.29, 1.82) is 0 Å². The van der Waals surface area contributed by atoms with Crippen LogP contribution >= 0.6 is 0 Å². The molecule has 1 aromatic carbocycles. The molecule has 6 heterocycles. The number of hydrogen-bond donors (Lipinski definition) is 1. The van der Waals surface area contributed by atoms with Crippen molar-refractivity contribution in [2.45, 2.75) is 142 Å². The summed E-state index contributed by atoms with van der Waals surface area (Å²) in [5.41, 5.74) is 0.921. The fourth-order valence-electron chi connectivity index (χ4n) is 10.3. The van der Waals surface area contributed by atoms with E-state index in [2.05, 4.69) is 5.32 Å². The predicted molar refractivity (Wildman–Crippen MR) is 245 cm³/mol. The number of benzene rings is 1. The quantitative estimate of drug-likeness (QED) is 0.306. The van der Waals surface area contributed by atoms with Crippen molar-refractivity contribution in [3.8, 4) is 0 Å². The zero-order chi connectivity index (χ0) is 48.9. The molecule has 7 rings (SSSR count). The van der Waals surface area contributed by atoms with Crippen molar-refractivity contribution < 1.29 is 57.3 Å². The van der Waals surface area contributed by atoms with E-state index < -0.39 is 24.1 Å². The van der Waals surface area contributed by atoms with Crippen molar-refractivity contribution in [2.75, 3.05) is 60.6 Å². The molecule has 6 fully saturated rings. The minimum atomic E-state index is -0.508. The number of hydrogen-bond acceptors (Lipinski definition) is 13. The van der Waals surface area contributed by atoms with Gasteiger partial charge in [-0.1, -0.05) is 65.0 Å². The largest absolute Gasteiger partial charge is 0.467 e. The van der Waals surface area contributed by atoms with Gasteiger partial charge in [0.2, 0.25) is 23.6 Å². The van der Waals surface area contributed by atoms with Gasteiger partial charge in [0.25, 0.3) is 0 Å². The van der Waals surface area contributed by atoms with Gasteiger partial charge in [0.05, 0.1) is 33.2 Å². The van der Waals surface area contributed by atoms with Crippen molar-refractivity contribution in [3.63, 3.8) is 0 Å². The molecule has 67 heavy (non-hydrogen) atoms. The molecule has 372 valence electrons. The molecule has 0 aliphatic carbocycles. The highest BCUT2D eigenvalue weighted by atomic mass is 16.6. The van der Waals surface area contributed by atoms with Crippen LogP contribution in [-0.2, 0) is 59.1 Å². The van der Waals surface area contributed by atoms with Crippen molar-refractivity contribution in [1.82, 2.24) is 29.8 Å². The van der Waals surface area contributed by atoms with E-state index in [9.17, 15) is 38.4 Å². The Balaban J connectivity index is 0.000000193. The van der Waals surface area contributed by atoms with E-state index in [1.54, 1.807) is 26.5 Å². The number of nitrogens with one attached hydrogen (secondary N) is 1. The van der Waals surface area contributed by atoms with Gasteiger partial charge in [-0.05, 0) is 75.8 Å². The summed E-state index contributed by atoms with van der Waals surface area (Å²) in [6.07, 6.45) is 6.82. The van der Waals surface area contributed by atoms with E-state index in [0.29, 0.717) is 57.8 Å². The molecule has 0 aromatic heterocycles. The Labute approximate surface area is 395 Å². The summed E-state index contributed by atoms with van der Waals surface area (Å²) in [5, 5.41) is 3.27.